The summed E-state index contributed by atoms with van der Waals surface area (Å²) in [6.07, 6.45) is 0. The fourth-order valence-corrected chi connectivity index (χ4v) is 2.72. The molecule has 0 aromatic heterocycles. The van der Waals surface area contributed by atoms with Gasteiger partial charge in [0.25, 0.3) is 0 Å². The molecule has 2 aromatic rings. The molecule has 0 aliphatic rings. The van der Waals surface area contributed by atoms with Crippen LogP contribution in [0, 0.1) is 6.92 Å². The van der Waals surface area contributed by atoms with E-state index in [1.165, 1.54) is 11.8 Å². The molecule has 0 unspecified atom stereocenters. The van der Waals surface area contributed by atoms with Crippen molar-refractivity contribution in [3.05, 3.63) is 52.5 Å². The van der Waals surface area contributed by atoms with Gasteiger partial charge in [-0.1, -0.05) is 15.9 Å². The molecule has 2 aromatic carbocycles. The number of rotatable bonds is 5. The van der Waals surface area contributed by atoms with E-state index in [-0.39, 0.29) is 18.4 Å². The molecule has 5 nitrogen and oxygen atoms in total. The van der Waals surface area contributed by atoms with Crippen molar-refractivity contribution >= 4 is 39.1 Å². The van der Waals surface area contributed by atoms with Crippen LogP contribution in [0.25, 0.3) is 0 Å². The third kappa shape index (κ3) is 4.58. The van der Waals surface area contributed by atoms with Crippen molar-refractivity contribution in [3.63, 3.8) is 0 Å². The summed E-state index contributed by atoms with van der Waals surface area (Å²) in [5.74, 6) is 0.228. The number of ether oxygens (including phenoxy) is 1. The predicted molar refractivity (Wildman–Crippen MR) is 98.5 cm³/mol. The highest BCUT2D eigenvalue weighted by atomic mass is 79.9. The summed E-state index contributed by atoms with van der Waals surface area (Å²) in [6.45, 7) is 3.28. The van der Waals surface area contributed by atoms with Crippen molar-refractivity contribution in [2.75, 3.05) is 23.9 Å². The van der Waals surface area contributed by atoms with Gasteiger partial charge in [-0.25, -0.2) is 0 Å². The van der Waals surface area contributed by atoms with Crippen molar-refractivity contribution in [3.8, 4) is 5.75 Å². The molecule has 0 heterocycles. The molecule has 0 fully saturated rings. The van der Waals surface area contributed by atoms with Crippen LogP contribution in [0.2, 0.25) is 0 Å². The van der Waals surface area contributed by atoms with E-state index in [9.17, 15) is 9.59 Å². The Kier molecular flexibility index (Phi) is 5.98. The fraction of sp³-hybridized carbons (Fsp3) is 0.222. The lowest BCUT2D eigenvalue weighted by molar-refractivity contribution is -0.120. The number of hydrogen-bond acceptors (Lipinski definition) is 3. The molecule has 6 heteroatoms. The maximum absolute atomic E-state index is 12.3. The lowest BCUT2D eigenvalue weighted by atomic mass is 10.2. The second-order valence-corrected chi connectivity index (χ2v) is 6.23. The Hall–Kier alpha value is -2.34. The van der Waals surface area contributed by atoms with E-state index in [1.54, 1.807) is 31.4 Å². The van der Waals surface area contributed by atoms with Crippen LogP contribution in [-0.2, 0) is 9.59 Å². The average Bonchev–Trinajstić information content (AvgIpc) is 2.55. The molecule has 0 aliphatic heterocycles. The minimum atomic E-state index is -0.258. The van der Waals surface area contributed by atoms with E-state index in [0.29, 0.717) is 11.4 Å². The number of halogens is 1. The molecular formula is C18H19BrN2O3. The van der Waals surface area contributed by atoms with Gasteiger partial charge < -0.3 is 15.0 Å². The number of nitrogens with one attached hydrogen (secondary N) is 1. The topological polar surface area (TPSA) is 58.6 Å². The summed E-state index contributed by atoms with van der Waals surface area (Å²) in [4.78, 5) is 25.6. The number of hydrogen-bond donors (Lipinski definition) is 1. The monoisotopic (exact) mass is 390 g/mol. The highest BCUT2D eigenvalue weighted by molar-refractivity contribution is 9.10. The van der Waals surface area contributed by atoms with Gasteiger partial charge >= 0.3 is 0 Å². The molecule has 1 N–H and O–H groups in total. The molecule has 0 bridgehead atoms. The number of aryl methyl sites for hydroxylation is 1. The maximum Gasteiger partial charge on any atom is 0.244 e. The second-order valence-electron chi connectivity index (χ2n) is 5.31. The Morgan fingerprint density at radius 2 is 1.83 bits per heavy atom. The zero-order chi connectivity index (χ0) is 17.7. The second kappa shape index (κ2) is 7.97. The third-order valence-corrected chi connectivity index (χ3v) is 4.02. The van der Waals surface area contributed by atoms with Gasteiger partial charge in [0.15, 0.2) is 0 Å². The lowest BCUT2D eigenvalue weighted by Gasteiger charge is -2.21. The van der Waals surface area contributed by atoms with Gasteiger partial charge in [0, 0.05) is 22.8 Å². The van der Waals surface area contributed by atoms with Crippen LogP contribution in [0.3, 0.4) is 0 Å². The van der Waals surface area contributed by atoms with Crippen LogP contribution in [0.1, 0.15) is 12.5 Å². The summed E-state index contributed by atoms with van der Waals surface area (Å²) in [5.41, 5.74) is 2.31. The van der Waals surface area contributed by atoms with Crippen LogP contribution in [0.4, 0.5) is 11.4 Å². The van der Waals surface area contributed by atoms with E-state index in [1.807, 2.05) is 25.1 Å². The van der Waals surface area contributed by atoms with Gasteiger partial charge in [0.2, 0.25) is 11.8 Å². The van der Waals surface area contributed by atoms with Gasteiger partial charge in [-0.3, -0.25) is 9.59 Å². The van der Waals surface area contributed by atoms with Crippen molar-refractivity contribution in [2.24, 2.45) is 0 Å². The zero-order valence-electron chi connectivity index (χ0n) is 13.8. The highest BCUT2D eigenvalue weighted by Gasteiger charge is 2.16. The molecule has 126 valence electrons. The molecule has 0 saturated heterocycles. The van der Waals surface area contributed by atoms with Crippen molar-refractivity contribution in [1.29, 1.82) is 0 Å². The minimum absolute atomic E-state index is 0.0584. The molecule has 0 radical (unpaired) electrons. The Bertz CT molecular complexity index is 744. The molecule has 2 rings (SSSR count). The SMILES string of the molecule is COc1ccc(N(CC(=O)Nc2ccc(Br)cc2C)C(C)=O)cc1. The maximum atomic E-state index is 12.3. The largest absolute Gasteiger partial charge is 0.497 e. The van der Waals surface area contributed by atoms with Gasteiger partial charge in [-0.15, -0.1) is 0 Å². The summed E-state index contributed by atoms with van der Waals surface area (Å²) in [5, 5.41) is 2.84. The third-order valence-electron chi connectivity index (χ3n) is 3.53. The Morgan fingerprint density at radius 1 is 1.17 bits per heavy atom. The molecule has 0 saturated carbocycles. The lowest BCUT2D eigenvalue weighted by Crippen LogP contribution is -2.36. The number of benzene rings is 2. The first-order chi connectivity index (χ1) is 11.4. The van der Waals surface area contributed by atoms with Crippen LogP contribution in [-0.4, -0.2) is 25.5 Å². The number of methoxy groups -OCH3 is 1. The zero-order valence-corrected chi connectivity index (χ0v) is 15.4. The van der Waals surface area contributed by atoms with Gasteiger partial charge in [-0.05, 0) is 55.0 Å². The van der Waals surface area contributed by atoms with E-state index >= 15 is 0 Å². The molecule has 0 spiro atoms. The molecule has 0 atom stereocenters. The number of carbonyl (C=O) groups excluding carboxylic acids is 2. The summed E-state index contributed by atoms with van der Waals surface area (Å²) < 4.78 is 6.05. The van der Waals surface area contributed by atoms with Gasteiger partial charge in [0.05, 0.1) is 7.11 Å². The standard InChI is InChI=1S/C18H19BrN2O3/c1-12-10-14(19)4-9-17(12)20-18(23)11-21(13(2)22)15-5-7-16(24-3)8-6-15/h4-10H,11H2,1-3H3,(H,20,23). The number of amides is 2. The smallest absolute Gasteiger partial charge is 0.244 e. The summed E-state index contributed by atoms with van der Waals surface area (Å²) in [7, 11) is 1.58. The quantitative estimate of drug-likeness (QED) is 0.845. The molecule has 0 aliphatic carbocycles. The number of nitrogens with zero attached hydrogens (tertiary/aromatic N) is 1. The molecular weight excluding hydrogens is 372 g/mol. The average molecular weight is 391 g/mol. The molecule has 24 heavy (non-hydrogen) atoms. The summed E-state index contributed by atoms with van der Waals surface area (Å²) >= 11 is 3.39. The Labute approximate surface area is 149 Å². The van der Waals surface area contributed by atoms with E-state index in [0.717, 1.165) is 15.7 Å². The minimum Gasteiger partial charge on any atom is -0.497 e. The van der Waals surface area contributed by atoms with Crippen molar-refractivity contribution in [1.82, 2.24) is 0 Å². The highest BCUT2D eigenvalue weighted by Crippen LogP contribution is 2.21. The van der Waals surface area contributed by atoms with Crippen molar-refractivity contribution < 1.29 is 14.3 Å². The number of anilines is 2. The van der Waals surface area contributed by atoms with Crippen molar-refractivity contribution in [2.45, 2.75) is 13.8 Å². The van der Waals surface area contributed by atoms with Crippen LogP contribution < -0.4 is 15.0 Å². The van der Waals surface area contributed by atoms with Crippen LogP contribution in [0.15, 0.2) is 46.9 Å². The predicted octanol–water partition coefficient (Wildman–Crippen LogP) is 3.76. The van der Waals surface area contributed by atoms with E-state index in [4.69, 9.17) is 4.74 Å². The Morgan fingerprint density at radius 3 is 2.38 bits per heavy atom. The molecule has 2 amide bonds. The number of carbonyl (C=O) groups is 2. The first-order valence-corrected chi connectivity index (χ1v) is 8.18. The first-order valence-electron chi connectivity index (χ1n) is 7.39. The van der Waals surface area contributed by atoms with E-state index < -0.39 is 0 Å². The normalized spacial score (nSPS) is 10.2. The van der Waals surface area contributed by atoms with Crippen LogP contribution >= 0.6 is 15.9 Å². The van der Waals surface area contributed by atoms with Gasteiger partial charge in [0.1, 0.15) is 12.3 Å². The summed E-state index contributed by atoms with van der Waals surface area (Å²) in [6, 6.07) is 12.6. The fourth-order valence-electron chi connectivity index (χ4n) is 2.25. The Balaban J connectivity index is 2.11. The van der Waals surface area contributed by atoms with Crippen LogP contribution in [0.5, 0.6) is 5.75 Å². The van der Waals surface area contributed by atoms with E-state index in [2.05, 4.69) is 21.2 Å². The van der Waals surface area contributed by atoms with Gasteiger partial charge in [-0.2, -0.15) is 0 Å². The first kappa shape index (κ1) is 18.0.